The van der Waals surface area contributed by atoms with Gasteiger partial charge in [0.2, 0.25) is 5.76 Å². The first-order valence-electron chi connectivity index (χ1n) is 7.59. The number of fused-ring (bicyclic) bond motifs is 1. The average Bonchev–Trinajstić information content (AvgIpc) is 2.62. The molecular weight excluding hydrogens is 310 g/mol. The fourth-order valence-electron chi connectivity index (χ4n) is 2.32. The Bertz CT molecular complexity index is 794. The molecule has 1 atom stereocenters. The summed E-state index contributed by atoms with van der Waals surface area (Å²) in [5.74, 6) is -1.18. The number of carbonyl (C=O) groups is 2. The van der Waals surface area contributed by atoms with Gasteiger partial charge in [-0.3, -0.25) is 4.79 Å². The summed E-state index contributed by atoms with van der Waals surface area (Å²) in [6.45, 7) is 2.16. The molecule has 0 aliphatic carbocycles. The zero-order chi connectivity index (χ0) is 16.9. The Morgan fingerprint density at radius 2 is 1.92 bits per heavy atom. The van der Waals surface area contributed by atoms with Gasteiger partial charge in [0, 0.05) is 11.1 Å². The second kappa shape index (κ2) is 7.04. The second-order valence-electron chi connectivity index (χ2n) is 5.26. The van der Waals surface area contributed by atoms with Gasteiger partial charge < -0.3 is 19.5 Å². The Balaban J connectivity index is 1.67. The van der Waals surface area contributed by atoms with Gasteiger partial charge >= 0.3 is 5.97 Å². The van der Waals surface area contributed by atoms with Gasteiger partial charge in [-0.25, -0.2) is 4.79 Å². The summed E-state index contributed by atoms with van der Waals surface area (Å²) in [5.41, 5.74) is 0.664. The van der Waals surface area contributed by atoms with Crippen LogP contribution in [0.2, 0.25) is 0 Å². The summed E-state index contributed by atoms with van der Waals surface area (Å²) in [7, 11) is 0. The lowest BCUT2D eigenvalue weighted by Crippen LogP contribution is -2.31. The molecule has 1 amide bonds. The van der Waals surface area contributed by atoms with Crippen molar-refractivity contribution in [2.45, 2.75) is 13.0 Å². The molecule has 6 heteroatoms. The molecule has 1 heterocycles. The zero-order valence-corrected chi connectivity index (χ0v) is 13.2. The number of nitrogens with one attached hydrogen (secondary N) is 1. The van der Waals surface area contributed by atoms with Crippen molar-refractivity contribution in [3.63, 3.8) is 0 Å². The maximum atomic E-state index is 12.3. The SMILES string of the molecule is C[C@H](OC(=O)C1=COCCO1)C(=O)Nc1cccc2ccccc12. The Labute approximate surface area is 139 Å². The van der Waals surface area contributed by atoms with Crippen molar-refractivity contribution >= 4 is 28.3 Å². The fourth-order valence-corrected chi connectivity index (χ4v) is 2.32. The number of ether oxygens (including phenoxy) is 3. The van der Waals surface area contributed by atoms with Crippen LogP contribution in [-0.2, 0) is 23.8 Å². The van der Waals surface area contributed by atoms with Crippen LogP contribution < -0.4 is 5.32 Å². The van der Waals surface area contributed by atoms with E-state index in [9.17, 15) is 9.59 Å². The molecule has 0 fully saturated rings. The smallest absolute Gasteiger partial charge is 0.377 e. The van der Waals surface area contributed by atoms with E-state index in [2.05, 4.69) is 5.32 Å². The van der Waals surface area contributed by atoms with E-state index in [1.54, 1.807) is 6.07 Å². The van der Waals surface area contributed by atoms with E-state index in [4.69, 9.17) is 14.2 Å². The normalized spacial score (nSPS) is 14.8. The van der Waals surface area contributed by atoms with Crippen molar-refractivity contribution in [1.82, 2.24) is 0 Å². The van der Waals surface area contributed by atoms with Crippen LogP contribution in [0.4, 0.5) is 5.69 Å². The highest BCUT2D eigenvalue weighted by atomic mass is 16.6. The third kappa shape index (κ3) is 3.48. The summed E-state index contributed by atoms with van der Waals surface area (Å²) in [5, 5.41) is 4.71. The van der Waals surface area contributed by atoms with Gasteiger partial charge in [0.1, 0.15) is 19.5 Å². The number of hydrogen-bond donors (Lipinski definition) is 1. The molecule has 24 heavy (non-hydrogen) atoms. The largest absolute Gasteiger partial charge is 0.493 e. The third-order valence-corrected chi connectivity index (χ3v) is 3.55. The summed E-state index contributed by atoms with van der Waals surface area (Å²) in [6.07, 6.45) is 0.226. The molecule has 1 N–H and O–H groups in total. The Morgan fingerprint density at radius 3 is 2.71 bits per heavy atom. The number of carbonyl (C=O) groups excluding carboxylic acids is 2. The highest BCUT2D eigenvalue weighted by molar-refractivity contribution is 6.04. The van der Waals surface area contributed by atoms with E-state index in [0.29, 0.717) is 12.3 Å². The first-order chi connectivity index (χ1) is 11.6. The molecule has 3 rings (SSSR count). The molecule has 0 saturated carbocycles. The molecule has 2 aromatic rings. The summed E-state index contributed by atoms with van der Waals surface area (Å²) >= 11 is 0. The zero-order valence-electron chi connectivity index (χ0n) is 13.2. The van der Waals surface area contributed by atoms with Gasteiger partial charge in [-0.1, -0.05) is 36.4 Å². The molecule has 0 bridgehead atoms. The van der Waals surface area contributed by atoms with Gasteiger partial charge in [0.25, 0.3) is 5.91 Å². The third-order valence-electron chi connectivity index (χ3n) is 3.55. The molecule has 0 saturated heterocycles. The molecule has 0 radical (unpaired) electrons. The van der Waals surface area contributed by atoms with Gasteiger partial charge in [-0.15, -0.1) is 0 Å². The molecule has 6 nitrogen and oxygen atoms in total. The molecule has 124 valence electrons. The first kappa shape index (κ1) is 15.9. The van der Waals surface area contributed by atoms with Crippen LogP contribution in [-0.4, -0.2) is 31.2 Å². The van der Waals surface area contributed by atoms with E-state index in [-0.39, 0.29) is 12.4 Å². The number of anilines is 1. The maximum absolute atomic E-state index is 12.3. The van der Waals surface area contributed by atoms with Crippen molar-refractivity contribution in [2.24, 2.45) is 0 Å². The van der Waals surface area contributed by atoms with E-state index >= 15 is 0 Å². The highest BCUT2D eigenvalue weighted by Gasteiger charge is 2.23. The van der Waals surface area contributed by atoms with Gasteiger partial charge in [0.05, 0.1) is 0 Å². The lowest BCUT2D eigenvalue weighted by Gasteiger charge is -2.17. The molecule has 1 aliphatic rings. The van der Waals surface area contributed by atoms with E-state index < -0.39 is 18.0 Å². The molecule has 0 spiro atoms. The first-order valence-corrected chi connectivity index (χ1v) is 7.59. The maximum Gasteiger partial charge on any atom is 0.377 e. The van der Waals surface area contributed by atoms with Gasteiger partial charge in [-0.05, 0) is 18.4 Å². The van der Waals surface area contributed by atoms with E-state index in [1.807, 2.05) is 36.4 Å². The predicted octanol–water partition coefficient (Wildman–Crippen LogP) is 2.60. The van der Waals surface area contributed by atoms with Crippen LogP contribution in [0, 0.1) is 0 Å². The summed E-state index contributed by atoms with van der Waals surface area (Å²) in [4.78, 5) is 24.2. The van der Waals surface area contributed by atoms with Crippen LogP contribution in [0.15, 0.2) is 54.5 Å². The molecule has 2 aromatic carbocycles. The number of benzene rings is 2. The Morgan fingerprint density at radius 1 is 1.12 bits per heavy atom. The topological polar surface area (TPSA) is 73.9 Å². The number of hydrogen-bond acceptors (Lipinski definition) is 5. The van der Waals surface area contributed by atoms with Crippen molar-refractivity contribution in [1.29, 1.82) is 0 Å². The quantitative estimate of drug-likeness (QED) is 0.874. The van der Waals surface area contributed by atoms with Gasteiger partial charge in [0.15, 0.2) is 6.10 Å². The predicted molar refractivity (Wildman–Crippen MR) is 88.1 cm³/mol. The van der Waals surface area contributed by atoms with E-state index in [0.717, 1.165) is 10.8 Å². The average molecular weight is 327 g/mol. The lowest BCUT2D eigenvalue weighted by molar-refractivity contribution is -0.153. The Kier molecular flexibility index (Phi) is 4.65. The minimum atomic E-state index is -0.970. The van der Waals surface area contributed by atoms with Crippen LogP contribution in [0.25, 0.3) is 10.8 Å². The standard InChI is InChI=1S/C18H17NO5/c1-12(24-18(21)16-11-22-9-10-23-16)17(20)19-15-8-4-6-13-5-2-3-7-14(13)15/h2-8,11-12H,9-10H2,1H3,(H,19,20)/t12-/m0/s1. The molecule has 1 aliphatic heterocycles. The van der Waals surface area contributed by atoms with Gasteiger partial charge in [-0.2, -0.15) is 0 Å². The summed E-state index contributed by atoms with van der Waals surface area (Å²) < 4.78 is 15.2. The van der Waals surface area contributed by atoms with Crippen molar-refractivity contribution in [2.75, 3.05) is 18.5 Å². The van der Waals surface area contributed by atoms with E-state index in [1.165, 1.54) is 13.2 Å². The van der Waals surface area contributed by atoms with Crippen LogP contribution in [0.1, 0.15) is 6.92 Å². The molecule has 0 unspecified atom stereocenters. The lowest BCUT2D eigenvalue weighted by atomic mass is 10.1. The molecule has 0 aromatic heterocycles. The number of esters is 1. The van der Waals surface area contributed by atoms with Crippen LogP contribution >= 0.6 is 0 Å². The second-order valence-corrected chi connectivity index (χ2v) is 5.26. The van der Waals surface area contributed by atoms with Crippen molar-refractivity contribution in [3.05, 3.63) is 54.5 Å². The highest BCUT2D eigenvalue weighted by Crippen LogP contribution is 2.23. The van der Waals surface area contributed by atoms with Crippen molar-refractivity contribution in [3.8, 4) is 0 Å². The number of amides is 1. The number of rotatable bonds is 4. The fraction of sp³-hybridized carbons (Fsp3) is 0.222. The summed E-state index contributed by atoms with van der Waals surface area (Å²) in [6, 6.07) is 13.3. The minimum Gasteiger partial charge on any atom is -0.493 e. The van der Waals surface area contributed by atoms with Crippen LogP contribution in [0.3, 0.4) is 0 Å². The van der Waals surface area contributed by atoms with Crippen molar-refractivity contribution < 1.29 is 23.8 Å². The van der Waals surface area contributed by atoms with Crippen LogP contribution in [0.5, 0.6) is 0 Å². The molecular formula is C18H17NO5. The monoisotopic (exact) mass is 327 g/mol. The minimum absolute atomic E-state index is 0.0361. The Hall–Kier alpha value is -3.02.